The average Bonchev–Trinajstić information content (AvgIpc) is 3.10. The Balaban J connectivity index is 2.02. The van der Waals surface area contributed by atoms with Crippen LogP contribution in [0.5, 0.6) is 0 Å². The maximum absolute atomic E-state index is 11.5. The van der Waals surface area contributed by atoms with E-state index in [0.717, 1.165) is 11.5 Å². The predicted molar refractivity (Wildman–Crippen MR) is 57.6 cm³/mol. The lowest BCUT2D eigenvalue weighted by molar-refractivity contribution is 0.0984. The maximum Gasteiger partial charge on any atom is 0.163 e. The third kappa shape index (κ3) is 2.44. The highest BCUT2D eigenvalue weighted by Crippen LogP contribution is 2.39. The van der Waals surface area contributed by atoms with Crippen LogP contribution in [0, 0.1) is 11.3 Å². The van der Waals surface area contributed by atoms with Gasteiger partial charge in [0.05, 0.1) is 6.07 Å². The fraction of sp³-hybridized carbons (Fsp3) is 0.385. The van der Waals surface area contributed by atoms with Crippen molar-refractivity contribution in [1.82, 2.24) is 0 Å². The minimum atomic E-state index is 0.0684. The molecule has 0 unspecified atom stereocenters. The van der Waals surface area contributed by atoms with E-state index < -0.39 is 0 Å². The quantitative estimate of drug-likeness (QED) is 0.699. The van der Waals surface area contributed by atoms with Crippen LogP contribution in [0.2, 0.25) is 0 Å². The highest BCUT2D eigenvalue weighted by molar-refractivity contribution is 5.96. The summed E-state index contributed by atoms with van der Waals surface area (Å²) in [5.74, 6) is 0.798. The summed E-state index contributed by atoms with van der Waals surface area (Å²) >= 11 is 0. The van der Waals surface area contributed by atoms with Gasteiger partial charge >= 0.3 is 0 Å². The summed E-state index contributed by atoms with van der Waals surface area (Å²) in [6, 6.07) is 9.83. The molecule has 0 atom stereocenters. The first-order chi connectivity index (χ1) is 7.31. The number of nitrogens with zero attached hydrogens (tertiary/aromatic N) is 1. The molecule has 1 aromatic carbocycles. The molecule has 0 aromatic heterocycles. The van der Waals surface area contributed by atoms with E-state index in [1.54, 1.807) is 0 Å². The van der Waals surface area contributed by atoms with Crippen LogP contribution in [0.25, 0.3) is 0 Å². The van der Waals surface area contributed by atoms with Crippen molar-refractivity contribution in [3.63, 3.8) is 0 Å². The van der Waals surface area contributed by atoms with Crippen LogP contribution in [0.4, 0.5) is 0 Å². The van der Waals surface area contributed by atoms with Gasteiger partial charge in [-0.1, -0.05) is 24.3 Å². The first-order valence-corrected chi connectivity index (χ1v) is 5.31. The minimum Gasteiger partial charge on any atom is -0.294 e. The molecule has 0 heterocycles. The van der Waals surface area contributed by atoms with E-state index in [2.05, 4.69) is 0 Å². The Bertz CT molecular complexity index is 396. The molecule has 15 heavy (non-hydrogen) atoms. The van der Waals surface area contributed by atoms with Crippen LogP contribution in [0.1, 0.15) is 47.5 Å². The molecule has 0 radical (unpaired) electrons. The van der Waals surface area contributed by atoms with Crippen molar-refractivity contribution in [3.8, 4) is 6.07 Å². The van der Waals surface area contributed by atoms with Gasteiger partial charge in [-0.2, -0.15) is 5.26 Å². The van der Waals surface area contributed by atoms with E-state index >= 15 is 0 Å². The zero-order valence-electron chi connectivity index (χ0n) is 8.57. The summed E-state index contributed by atoms with van der Waals surface area (Å²) in [5.41, 5.74) is 2.07. The van der Waals surface area contributed by atoms with Crippen molar-refractivity contribution in [2.45, 2.75) is 31.6 Å². The first-order valence-electron chi connectivity index (χ1n) is 5.31. The van der Waals surface area contributed by atoms with Crippen LogP contribution in [-0.4, -0.2) is 5.78 Å². The molecule has 0 N–H and O–H groups in total. The van der Waals surface area contributed by atoms with Gasteiger partial charge in [0.25, 0.3) is 0 Å². The van der Waals surface area contributed by atoms with E-state index in [4.69, 9.17) is 5.26 Å². The Hall–Kier alpha value is -1.62. The van der Waals surface area contributed by atoms with Gasteiger partial charge in [-0.25, -0.2) is 0 Å². The second-order valence-electron chi connectivity index (χ2n) is 3.98. The number of hydrogen-bond donors (Lipinski definition) is 0. The number of carbonyl (C=O) groups excluding carboxylic acids is 1. The summed E-state index contributed by atoms with van der Waals surface area (Å²) in [5, 5.41) is 8.38. The van der Waals surface area contributed by atoms with Gasteiger partial charge in [0, 0.05) is 18.4 Å². The maximum atomic E-state index is 11.5. The van der Waals surface area contributed by atoms with Crippen LogP contribution < -0.4 is 0 Å². The van der Waals surface area contributed by atoms with E-state index in [1.807, 2.05) is 30.3 Å². The molecule has 1 fully saturated rings. The Morgan fingerprint density at radius 3 is 2.53 bits per heavy atom. The van der Waals surface area contributed by atoms with Gasteiger partial charge in [0.1, 0.15) is 0 Å². The third-order valence-corrected chi connectivity index (χ3v) is 2.75. The van der Waals surface area contributed by atoms with Crippen molar-refractivity contribution >= 4 is 5.78 Å². The van der Waals surface area contributed by atoms with Crippen molar-refractivity contribution < 1.29 is 4.79 Å². The fourth-order valence-electron chi connectivity index (χ4n) is 1.67. The molecule has 1 aliphatic carbocycles. The zero-order valence-corrected chi connectivity index (χ0v) is 8.57. The molecule has 2 heteroatoms. The van der Waals surface area contributed by atoms with Crippen LogP contribution in [-0.2, 0) is 0 Å². The summed E-state index contributed by atoms with van der Waals surface area (Å²) in [6.07, 6.45) is 3.20. The average molecular weight is 199 g/mol. The Morgan fingerprint density at radius 2 is 2.00 bits per heavy atom. The summed E-state index contributed by atoms with van der Waals surface area (Å²) < 4.78 is 0. The zero-order chi connectivity index (χ0) is 10.7. The Morgan fingerprint density at radius 1 is 1.33 bits per heavy atom. The summed E-state index contributed by atoms with van der Waals surface area (Å²) in [6.45, 7) is 0. The Kier molecular flexibility index (Phi) is 2.82. The SMILES string of the molecule is N#CCCC(=O)c1ccc(C2CC2)cc1. The molecule has 0 spiro atoms. The standard InChI is InChI=1S/C13H13NO/c14-9-1-2-13(15)12-7-5-11(6-8-12)10-3-4-10/h5-8,10H,1-4H2. The second-order valence-corrected chi connectivity index (χ2v) is 3.98. The van der Waals surface area contributed by atoms with Crippen LogP contribution >= 0.6 is 0 Å². The normalized spacial score (nSPS) is 14.6. The van der Waals surface area contributed by atoms with Gasteiger partial charge in [-0.3, -0.25) is 4.79 Å². The van der Waals surface area contributed by atoms with Gasteiger partial charge in [-0.05, 0) is 24.3 Å². The Labute approximate surface area is 89.5 Å². The highest BCUT2D eigenvalue weighted by atomic mass is 16.1. The lowest BCUT2D eigenvalue weighted by Gasteiger charge is -2.00. The molecule has 1 saturated carbocycles. The molecular formula is C13H13NO. The fourth-order valence-corrected chi connectivity index (χ4v) is 1.67. The number of ketones is 1. The number of hydrogen-bond acceptors (Lipinski definition) is 2. The van der Waals surface area contributed by atoms with Gasteiger partial charge in [0.2, 0.25) is 0 Å². The molecule has 0 saturated heterocycles. The molecule has 76 valence electrons. The van der Waals surface area contributed by atoms with Gasteiger partial charge in [0.15, 0.2) is 5.78 Å². The monoisotopic (exact) mass is 199 g/mol. The lowest BCUT2D eigenvalue weighted by atomic mass is 10.0. The van der Waals surface area contributed by atoms with Crippen molar-refractivity contribution in [2.24, 2.45) is 0 Å². The van der Waals surface area contributed by atoms with E-state index in [0.29, 0.717) is 12.8 Å². The summed E-state index contributed by atoms with van der Waals surface area (Å²) in [7, 11) is 0. The number of nitriles is 1. The molecule has 0 amide bonds. The number of rotatable bonds is 4. The minimum absolute atomic E-state index is 0.0684. The van der Waals surface area contributed by atoms with Crippen molar-refractivity contribution in [1.29, 1.82) is 5.26 Å². The molecule has 2 rings (SSSR count). The lowest BCUT2D eigenvalue weighted by Crippen LogP contribution is -1.98. The van der Waals surface area contributed by atoms with E-state index in [-0.39, 0.29) is 5.78 Å². The largest absolute Gasteiger partial charge is 0.294 e. The summed E-state index contributed by atoms with van der Waals surface area (Å²) in [4.78, 5) is 11.5. The van der Waals surface area contributed by atoms with Crippen molar-refractivity contribution in [3.05, 3.63) is 35.4 Å². The second kappa shape index (κ2) is 4.27. The van der Waals surface area contributed by atoms with Crippen LogP contribution in [0.3, 0.4) is 0 Å². The van der Waals surface area contributed by atoms with Gasteiger partial charge < -0.3 is 0 Å². The molecule has 2 nitrogen and oxygen atoms in total. The highest BCUT2D eigenvalue weighted by Gasteiger charge is 2.23. The molecule has 1 aromatic rings. The van der Waals surface area contributed by atoms with Crippen molar-refractivity contribution in [2.75, 3.05) is 0 Å². The van der Waals surface area contributed by atoms with Crippen LogP contribution in [0.15, 0.2) is 24.3 Å². The smallest absolute Gasteiger partial charge is 0.163 e. The molecule has 0 bridgehead atoms. The number of Topliss-reactive ketones (excluding diaryl/α,β-unsaturated/α-hetero) is 1. The van der Waals surface area contributed by atoms with E-state index in [1.165, 1.54) is 18.4 Å². The topological polar surface area (TPSA) is 40.9 Å². The molecule has 1 aliphatic rings. The molecular weight excluding hydrogens is 186 g/mol. The molecule has 0 aliphatic heterocycles. The number of carbonyl (C=O) groups is 1. The predicted octanol–water partition coefficient (Wildman–Crippen LogP) is 3.05. The first kappa shape index (κ1) is 9.92. The van der Waals surface area contributed by atoms with E-state index in [9.17, 15) is 4.79 Å². The third-order valence-electron chi connectivity index (χ3n) is 2.75. The van der Waals surface area contributed by atoms with Gasteiger partial charge in [-0.15, -0.1) is 0 Å². The number of benzene rings is 1.